The number of barbiturate groups is 1. The van der Waals surface area contributed by atoms with Crippen LogP contribution in [0.3, 0.4) is 0 Å². The van der Waals surface area contributed by atoms with Gasteiger partial charge in [0.25, 0.3) is 0 Å². The van der Waals surface area contributed by atoms with Crippen LogP contribution < -0.4 is 10.6 Å². The van der Waals surface area contributed by atoms with Gasteiger partial charge in [0.1, 0.15) is 5.92 Å². The highest BCUT2D eigenvalue weighted by Gasteiger charge is 2.42. The van der Waals surface area contributed by atoms with E-state index in [0.717, 1.165) is 0 Å². The van der Waals surface area contributed by atoms with Gasteiger partial charge in [-0.05, 0) is 6.42 Å². The summed E-state index contributed by atoms with van der Waals surface area (Å²) in [6.07, 6.45) is 0.270. The van der Waals surface area contributed by atoms with Crippen molar-refractivity contribution in [1.82, 2.24) is 10.6 Å². The maximum atomic E-state index is 11.4. The fraction of sp³-hybridized carbons (Fsp3) is 0.556. The van der Waals surface area contributed by atoms with E-state index < -0.39 is 35.7 Å². The molecular formula is C9H12N2O5. The SMILES string of the molecule is CCC(C(=O)OC)C1C(=O)NC(=O)NC1=O. The van der Waals surface area contributed by atoms with Gasteiger partial charge >= 0.3 is 12.0 Å². The van der Waals surface area contributed by atoms with Crippen LogP contribution in [0.25, 0.3) is 0 Å². The molecule has 7 nitrogen and oxygen atoms in total. The Kier molecular flexibility index (Phi) is 3.60. The smallest absolute Gasteiger partial charge is 0.328 e. The molecule has 4 amide bonds. The van der Waals surface area contributed by atoms with Crippen LogP contribution in [-0.4, -0.2) is 30.9 Å². The van der Waals surface area contributed by atoms with Crippen molar-refractivity contribution in [3.63, 3.8) is 0 Å². The van der Waals surface area contributed by atoms with Gasteiger partial charge in [-0.3, -0.25) is 25.0 Å². The average Bonchev–Trinajstić information content (AvgIpc) is 2.22. The van der Waals surface area contributed by atoms with E-state index in [-0.39, 0.29) is 6.42 Å². The van der Waals surface area contributed by atoms with Crippen LogP contribution in [0, 0.1) is 11.8 Å². The third kappa shape index (κ3) is 2.18. The summed E-state index contributed by atoms with van der Waals surface area (Å²) in [5.41, 5.74) is 0. The van der Waals surface area contributed by atoms with Crippen LogP contribution >= 0.6 is 0 Å². The van der Waals surface area contributed by atoms with Gasteiger partial charge in [0.05, 0.1) is 13.0 Å². The van der Waals surface area contributed by atoms with E-state index in [9.17, 15) is 19.2 Å². The fourth-order valence-corrected chi connectivity index (χ4v) is 1.58. The number of hydrogen-bond acceptors (Lipinski definition) is 5. The second kappa shape index (κ2) is 4.73. The highest BCUT2D eigenvalue weighted by molar-refractivity contribution is 6.17. The summed E-state index contributed by atoms with van der Waals surface area (Å²) >= 11 is 0. The van der Waals surface area contributed by atoms with Gasteiger partial charge in [-0.2, -0.15) is 0 Å². The highest BCUT2D eigenvalue weighted by Crippen LogP contribution is 2.20. The summed E-state index contributed by atoms with van der Waals surface area (Å²) in [6.45, 7) is 1.65. The van der Waals surface area contributed by atoms with E-state index in [4.69, 9.17) is 0 Å². The largest absolute Gasteiger partial charge is 0.469 e. The zero-order chi connectivity index (χ0) is 12.3. The summed E-state index contributed by atoms with van der Waals surface area (Å²) in [5.74, 6) is -4.28. The molecule has 88 valence electrons. The molecule has 1 aliphatic heterocycles. The number of esters is 1. The van der Waals surface area contributed by atoms with Crippen molar-refractivity contribution in [2.75, 3.05) is 7.11 Å². The third-order valence-electron chi connectivity index (χ3n) is 2.38. The van der Waals surface area contributed by atoms with E-state index in [1.54, 1.807) is 6.92 Å². The number of urea groups is 1. The number of rotatable bonds is 3. The fourth-order valence-electron chi connectivity index (χ4n) is 1.58. The summed E-state index contributed by atoms with van der Waals surface area (Å²) in [7, 11) is 1.18. The number of methoxy groups -OCH3 is 1. The van der Waals surface area contributed by atoms with Crippen molar-refractivity contribution >= 4 is 23.8 Å². The minimum absolute atomic E-state index is 0.270. The lowest BCUT2D eigenvalue weighted by Gasteiger charge is -2.25. The van der Waals surface area contributed by atoms with Crippen LogP contribution in [0.2, 0.25) is 0 Å². The molecule has 0 radical (unpaired) electrons. The Morgan fingerprint density at radius 2 is 1.81 bits per heavy atom. The lowest BCUT2D eigenvalue weighted by atomic mass is 9.87. The molecule has 7 heteroatoms. The predicted octanol–water partition coefficient (Wildman–Crippen LogP) is -0.832. The van der Waals surface area contributed by atoms with E-state index >= 15 is 0 Å². The standard InChI is InChI=1S/C9H12N2O5/c1-3-4(8(14)16-2)5-6(12)10-9(15)11-7(5)13/h4-5H,3H2,1-2H3,(H2,10,11,12,13,15). The number of carbonyl (C=O) groups is 4. The van der Waals surface area contributed by atoms with Gasteiger partial charge in [0, 0.05) is 0 Å². The Morgan fingerprint density at radius 1 is 1.31 bits per heavy atom. The maximum absolute atomic E-state index is 11.4. The Bertz CT molecular complexity index is 332. The zero-order valence-corrected chi connectivity index (χ0v) is 8.90. The maximum Gasteiger partial charge on any atom is 0.328 e. The highest BCUT2D eigenvalue weighted by atomic mass is 16.5. The van der Waals surface area contributed by atoms with E-state index in [0.29, 0.717) is 0 Å². The summed E-state index contributed by atoms with van der Waals surface area (Å²) in [6, 6.07) is -0.869. The minimum Gasteiger partial charge on any atom is -0.469 e. The van der Waals surface area contributed by atoms with Gasteiger partial charge < -0.3 is 4.74 Å². The number of ether oxygens (including phenoxy) is 1. The molecule has 0 aliphatic carbocycles. The first-order valence-electron chi connectivity index (χ1n) is 4.74. The predicted molar refractivity (Wildman–Crippen MR) is 51.0 cm³/mol. The number of amides is 4. The molecule has 1 rings (SSSR count). The lowest BCUT2D eigenvalue weighted by Crippen LogP contribution is -2.58. The molecular weight excluding hydrogens is 216 g/mol. The van der Waals surface area contributed by atoms with Gasteiger partial charge in [0.2, 0.25) is 11.8 Å². The Hall–Kier alpha value is -1.92. The van der Waals surface area contributed by atoms with Crippen molar-refractivity contribution in [1.29, 1.82) is 0 Å². The second-order valence-corrected chi connectivity index (χ2v) is 3.32. The molecule has 0 aromatic rings. The van der Waals surface area contributed by atoms with Crippen LogP contribution in [0.1, 0.15) is 13.3 Å². The van der Waals surface area contributed by atoms with E-state index in [2.05, 4.69) is 4.74 Å². The van der Waals surface area contributed by atoms with Crippen molar-refractivity contribution in [3.8, 4) is 0 Å². The molecule has 1 saturated heterocycles. The Morgan fingerprint density at radius 3 is 2.19 bits per heavy atom. The molecule has 0 aromatic carbocycles. The Labute approximate surface area is 91.5 Å². The van der Waals surface area contributed by atoms with Crippen LogP contribution in [-0.2, 0) is 19.1 Å². The van der Waals surface area contributed by atoms with E-state index in [1.807, 2.05) is 10.6 Å². The molecule has 0 spiro atoms. The molecule has 2 N–H and O–H groups in total. The van der Waals surface area contributed by atoms with E-state index in [1.165, 1.54) is 7.11 Å². The molecule has 0 bridgehead atoms. The normalized spacial score (nSPS) is 18.8. The summed E-state index contributed by atoms with van der Waals surface area (Å²) in [5, 5.41) is 3.87. The van der Waals surface area contributed by atoms with Crippen LogP contribution in [0.4, 0.5) is 4.79 Å². The first-order chi connectivity index (χ1) is 7.51. The third-order valence-corrected chi connectivity index (χ3v) is 2.38. The van der Waals surface area contributed by atoms with Gasteiger partial charge in [-0.25, -0.2) is 4.79 Å². The quantitative estimate of drug-likeness (QED) is 0.485. The van der Waals surface area contributed by atoms with Crippen molar-refractivity contribution in [2.24, 2.45) is 11.8 Å². The first kappa shape index (κ1) is 12.2. The average molecular weight is 228 g/mol. The summed E-state index contributed by atoms with van der Waals surface area (Å²) < 4.78 is 4.50. The van der Waals surface area contributed by atoms with Gasteiger partial charge in [-0.1, -0.05) is 6.92 Å². The molecule has 0 aromatic heterocycles. The van der Waals surface area contributed by atoms with Crippen molar-refractivity contribution in [2.45, 2.75) is 13.3 Å². The van der Waals surface area contributed by atoms with Crippen molar-refractivity contribution < 1.29 is 23.9 Å². The molecule has 1 aliphatic rings. The number of imide groups is 2. The Balaban J connectivity index is 2.92. The molecule has 1 heterocycles. The first-order valence-corrected chi connectivity index (χ1v) is 4.74. The number of hydrogen-bond donors (Lipinski definition) is 2. The molecule has 1 fully saturated rings. The molecule has 16 heavy (non-hydrogen) atoms. The molecule has 0 saturated carbocycles. The monoisotopic (exact) mass is 228 g/mol. The van der Waals surface area contributed by atoms with Crippen molar-refractivity contribution in [3.05, 3.63) is 0 Å². The second-order valence-electron chi connectivity index (χ2n) is 3.32. The topological polar surface area (TPSA) is 102 Å². The van der Waals surface area contributed by atoms with Gasteiger partial charge in [0.15, 0.2) is 0 Å². The molecule has 1 atom stereocenters. The summed E-state index contributed by atoms with van der Waals surface area (Å²) in [4.78, 5) is 45.0. The lowest BCUT2D eigenvalue weighted by molar-refractivity contribution is -0.154. The van der Waals surface area contributed by atoms with Crippen LogP contribution in [0.15, 0.2) is 0 Å². The number of nitrogens with one attached hydrogen (secondary N) is 2. The van der Waals surface area contributed by atoms with Gasteiger partial charge in [-0.15, -0.1) is 0 Å². The number of carbonyl (C=O) groups excluding carboxylic acids is 4. The van der Waals surface area contributed by atoms with Crippen LogP contribution in [0.5, 0.6) is 0 Å². The molecule has 1 unspecified atom stereocenters. The minimum atomic E-state index is -1.21. The zero-order valence-electron chi connectivity index (χ0n) is 8.90.